The summed E-state index contributed by atoms with van der Waals surface area (Å²) in [5.74, 6) is 0. The van der Waals surface area contributed by atoms with Gasteiger partial charge in [-0.25, -0.2) is 17.5 Å². The van der Waals surface area contributed by atoms with E-state index in [9.17, 15) is 13.2 Å². The van der Waals surface area contributed by atoms with Gasteiger partial charge in [0.1, 0.15) is 5.01 Å². The molecular weight excluding hydrogens is 278 g/mol. The number of amides is 2. The quantitative estimate of drug-likeness (QED) is 0.792. The van der Waals surface area contributed by atoms with Crippen LogP contribution in [0.2, 0.25) is 0 Å². The first-order valence-corrected chi connectivity index (χ1v) is 7.44. The van der Waals surface area contributed by atoms with Gasteiger partial charge in [-0.15, -0.1) is 10.2 Å². The van der Waals surface area contributed by atoms with Crippen LogP contribution in [-0.2, 0) is 16.6 Å². The lowest BCUT2D eigenvalue weighted by Crippen LogP contribution is -2.27. The first-order chi connectivity index (χ1) is 8.41. The third-order valence-electron chi connectivity index (χ3n) is 2.42. The lowest BCUT2D eigenvalue weighted by atomic mass is 10.5. The zero-order valence-corrected chi connectivity index (χ0v) is 11.6. The van der Waals surface area contributed by atoms with E-state index in [1.54, 1.807) is 4.90 Å². The number of carbonyl (C=O) groups is 1. The molecule has 1 aromatic heterocycles. The molecule has 2 rings (SSSR count). The normalized spacial score (nSPS) is 16.4. The first-order valence-electron chi connectivity index (χ1n) is 5.19. The van der Waals surface area contributed by atoms with Crippen molar-refractivity contribution in [1.82, 2.24) is 24.7 Å². The number of carbonyl (C=O) groups excluding carboxylic acids is 1. The van der Waals surface area contributed by atoms with Crippen molar-refractivity contribution in [3.8, 4) is 0 Å². The van der Waals surface area contributed by atoms with Gasteiger partial charge in [0.2, 0.25) is 4.34 Å². The third-order valence-corrected chi connectivity index (χ3v) is 5.49. The molecule has 18 heavy (non-hydrogen) atoms. The molecule has 10 heteroatoms. The van der Waals surface area contributed by atoms with Crippen LogP contribution in [0, 0.1) is 0 Å². The van der Waals surface area contributed by atoms with Crippen LogP contribution in [0.25, 0.3) is 0 Å². The molecule has 1 aliphatic rings. The second kappa shape index (κ2) is 4.78. The van der Waals surface area contributed by atoms with Crippen molar-refractivity contribution in [3.05, 3.63) is 5.01 Å². The first kappa shape index (κ1) is 13.2. The van der Waals surface area contributed by atoms with E-state index in [1.165, 1.54) is 14.1 Å². The summed E-state index contributed by atoms with van der Waals surface area (Å²) in [6.45, 7) is 1.47. The standard InChI is InChI=1S/C8H13N5O3S2/c1-12(2)18(15,16)8-11-10-6(17-8)5-13-4-3-9-7(13)14/h3-5H2,1-2H3,(H,9,14). The molecular formula is C8H13N5O3S2. The average Bonchev–Trinajstić information content (AvgIpc) is 2.90. The summed E-state index contributed by atoms with van der Waals surface area (Å²) >= 11 is 0.984. The fourth-order valence-corrected chi connectivity index (χ4v) is 3.59. The van der Waals surface area contributed by atoms with Gasteiger partial charge in [0.25, 0.3) is 10.0 Å². The van der Waals surface area contributed by atoms with E-state index >= 15 is 0 Å². The van der Waals surface area contributed by atoms with E-state index in [4.69, 9.17) is 0 Å². The monoisotopic (exact) mass is 291 g/mol. The van der Waals surface area contributed by atoms with Crippen molar-refractivity contribution in [3.63, 3.8) is 0 Å². The zero-order valence-electron chi connectivity index (χ0n) is 9.95. The Labute approximate surface area is 109 Å². The molecule has 1 N–H and O–H groups in total. The molecule has 2 heterocycles. The number of aromatic nitrogens is 2. The summed E-state index contributed by atoms with van der Waals surface area (Å²) in [7, 11) is -0.674. The molecule has 1 aliphatic heterocycles. The van der Waals surface area contributed by atoms with Gasteiger partial charge < -0.3 is 10.2 Å². The number of sulfonamides is 1. The van der Waals surface area contributed by atoms with E-state index in [0.717, 1.165) is 15.6 Å². The van der Waals surface area contributed by atoms with Crippen molar-refractivity contribution in [2.45, 2.75) is 10.9 Å². The van der Waals surface area contributed by atoms with Crippen LogP contribution in [0.1, 0.15) is 5.01 Å². The second-order valence-electron chi connectivity index (χ2n) is 3.90. The highest BCUT2D eigenvalue weighted by Crippen LogP contribution is 2.19. The molecule has 1 aromatic rings. The van der Waals surface area contributed by atoms with Gasteiger partial charge in [-0.2, -0.15) is 0 Å². The second-order valence-corrected chi connectivity index (χ2v) is 7.29. The summed E-state index contributed by atoms with van der Waals surface area (Å²) in [6, 6.07) is -0.165. The SMILES string of the molecule is CN(C)S(=O)(=O)c1nnc(CN2CCNC2=O)s1. The van der Waals surface area contributed by atoms with E-state index in [-0.39, 0.29) is 16.9 Å². The Hall–Kier alpha value is -1.26. The zero-order chi connectivity index (χ0) is 13.3. The largest absolute Gasteiger partial charge is 0.336 e. The number of nitrogens with zero attached hydrogens (tertiary/aromatic N) is 4. The van der Waals surface area contributed by atoms with Crippen LogP contribution >= 0.6 is 11.3 Å². The molecule has 2 amide bonds. The minimum atomic E-state index is -3.54. The van der Waals surface area contributed by atoms with Gasteiger partial charge >= 0.3 is 6.03 Å². The molecule has 0 atom stereocenters. The highest BCUT2D eigenvalue weighted by Gasteiger charge is 2.25. The van der Waals surface area contributed by atoms with Gasteiger partial charge in [-0.05, 0) is 0 Å². The summed E-state index contributed by atoms with van der Waals surface area (Å²) in [6.07, 6.45) is 0. The Bertz CT molecular complexity index is 553. The predicted molar refractivity (Wildman–Crippen MR) is 64.6 cm³/mol. The summed E-state index contributed by atoms with van der Waals surface area (Å²) < 4.78 is 24.6. The van der Waals surface area contributed by atoms with Crippen molar-refractivity contribution in [2.24, 2.45) is 0 Å². The van der Waals surface area contributed by atoms with Crippen molar-refractivity contribution >= 4 is 27.4 Å². The molecule has 0 radical (unpaired) electrons. The fourth-order valence-electron chi connectivity index (χ4n) is 1.39. The van der Waals surface area contributed by atoms with Gasteiger partial charge in [-0.3, -0.25) is 0 Å². The fraction of sp³-hybridized carbons (Fsp3) is 0.625. The highest BCUT2D eigenvalue weighted by atomic mass is 32.2. The van der Waals surface area contributed by atoms with Gasteiger partial charge in [0.15, 0.2) is 0 Å². The van der Waals surface area contributed by atoms with E-state index in [0.29, 0.717) is 18.1 Å². The van der Waals surface area contributed by atoms with Crippen molar-refractivity contribution in [1.29, 1.82) is 0 Å². The molecule has 1 saturated heterocycles. The maximum Gasteiger partial charge on any atom is 0.317 e. The molecule has 0 unspecified atom stereocenters. The van der Waals surface area contributed by atoms with Crippen LogP contribution in [0.3, 0.4) is 0 Å². The van der Waals surface area contributed by atoms with Crippen molar-refractivity contribution in [2.75, 3.05) is 27.2 Å². The van der Waals surface area contributed by atoms with Gasteiger partial charge in [0.05, 0.1) is 6.54 Å². The van der Waals surface area contributed by atoms with Crippen LogP contribution in [-0.4, -0.2) is 61.0 Å². The van der Waals surface area contributed by atoms with Crippen LogP contribution in [0.15, 0.2) is 4.34 Å². The summed E-state index contributed by atoms with van der Waals surface area (Å²) in [5, 5.41) is 10.6. The van der Waals surface area contributed by atoms with Crippen LogP contribution in [0.4, 0.5) is 4.79 Å². The molecule has 0 spiro atoms. The Morgan fingerprint density at radius 2 is 2.17 bits per heavy atom. The van der Waals surface area contributed by atoms with Gasteiger partial charge in [-0.1, -0.05) is 11.3 Å². The Balaban J connectivity index is 2.14. The summed E-state index contributed by atoms with van der Waals surface area (Å²) in [4.78, 5) is 12.9. The Morgan fingerprint density at radius 3 is 2.72 bits per heavy atom. The Morgan fingerprint density at radius 1 is 1.44 bits per heavy atom. The van der Waals surface area contributed by atoms with E-state index in [2.05, 4.69) is 15.5 Å². The average molecular weight is 291 g/mol. The van der Waals surface area contributed by atoms with Crippen LogP contribution < -0.4 is 5.32 Å². The minimum Gasteiger partial charge on any atom is -0.336 e. The molecule has 0 aliphatic carbocycles. The highest BCUT2D eigenvalue weighted by molar-refractivity contribution is 7.91. The van der Waals surface area contributed by atoms with E-state index in [1.807, 2.05) is 0 Å². The van der Waals surface area contributed by atoms with Crippen molar-refractivity contribution < 1.29 is 13.2 Å². The van der Waals surface area contributed by atoms with Gasteiger partial charge in [0, 0.05) is 27.2 Å². The minimum absolute atomic E-state index is 0.0536. The topological polar surface area (TPSA) is 95.5 Å². The van der Waals surface area contributed by atoms with E-state index < -0.39 is 10.0 Å². The smallest absolute Gasteiger partial charge is 0.317 e. The number of nitrogens with one attached hydrogen (secondary N) is 1. The number of hydrogen-bond donors (Lipinski definition) is 1. The number of urea groups is 1. The lowest BCUT2D eigenvalue weighted by Gasteiger charge is -2.10. The molecule has 100 valence electrons. The van der Waals surface area contributed by atoms with Crippen LogP contribution in [0.5, 0.6) is 0 Å². The molecule has 0 aromatic carbocycles. The maximum absolute atomic E-state index is 11.8. The Kier molecular flexibility index (Phi) is 3.50. The predicted octanol–water partition coefficient (Wildman–Crippen LogP) is -0.686. The summed E-state index contributed by atoms with van der Waals surface area (Å²) in [5.41, 5.74) is 0. The molecule has 1 fully saturated rings. The molecule has 8 nitrogen and oxygen atoms in total. The molecule has 0 bridgehead atoms. The molecule has 0 saturated carbocycles. The number of rotatable bonds is 4. The maximum atomic E-state index is 11.8. The lowest BCUT2D eigenvalue weighted by molar-refractivity contribution is 0.215. The third kappa shape index (κ3) is 2.44. The number of hydrogen-bond acceptors (Lipinski definition) is 6.